The molecule has 0 amide bonds. The van der Waals surface area contributed by atoms with Crippen molar-refractivity contribution in [2.75, 3.05) is 14.1 Å². The highest BCUT2D eigenvalue weighted by Gasteiger charge is 2.19. The van der Waals surface area contributed by atoms with Gasteiger partial charge in [-0.3, -0.25) is 4.79 Å². The Morgan fingerprint density at radius 1 is 1.15 bits per heavy atom. The minimum Gasteiger partial charge on any atom is -0.337 e. The van der Waals surface area contributed by atoms with E-state index in [1.165, 1.54) is 55.2 Å². The lowest BCUT2D eigenvalue weighted by Gasteiger charge is -2.12. The molecule has 0 aliphatic carbocycles. The number of hydrogen-bond donors (Lipinski definition) is 0. The number of benzene rings is 1. The van der Waals surface area contributed by atoms with E-state index in [0.29, 0.717) is 5.56 Å². The number of halogens is 1. The topological polar surface area (TPSA) is 98.3 Å². The van der Waals surface area contributed by atoms with Crippen LogP contribution in [0.25, 0.3) is 11.4 Å². The highest BCUT2D eigenvalue weighted by atomic mass is 32.2. The summed E-state index contributed by atoms with van der Waals surface area (Å²) in [6.45, 7) is -0.0934. The molecule has 0 bridgehead atoms. The maximum absolute atomic E-state index is 13.0. The first-order chi connectivity index (χ1) is 12.3. The van der Waals surface area contributed by atoms with Crippen molar-refractivity contribution in [3.8, 4) is 11.4 Å². The molecule has 26 heavy (non-hydrogen) atoms. The largest absolute Gasteiger partial charge is 0.337 e. The van der Waals surface area contributed by atoms with Crippen molar-refractivity contribution in [1.82, 2.24) is 19.0 Å². The molecule has 3 aromatic rings. The molecule has 0 aliphatic heterocycles. The van der Waals surface area contributed by atoms with Gasteiger partial charge in [0.15, 0.2) is 0 Å². The molecule has 136 valence electrons. The number of hydrogen-bond acceptors (Lipinski definition) is 6. The molecule has 0 radical (unpaired) electrons. The molecule has 2 heterocycles. The normalized spacial score (nSPS) is 11.8. The van der Waals surface area contributed by atoms with Crippen molar-refractivity contribution in [3.05, 3.63) is 64.7 Å². The van der Waals surface area contributed by atoms with Gasteiger partial charge < -0.3 is 9.09 Å². The van der Waals surface area contributed by atoms with E-state index in [1.807, 2.05) is 0 Å². The van der Waals surface area contributed by atoms with Gasteiger partial charge in [-0.1, -0.05) is 5.16 Å². The zero-order chi connectivity index (χ0) is 18.9. The zero-order valence-corrected chi connectivity index (χ0v) is 14.8. The number of sulfonamides is 1. The molecule has 0 N–H and O–H groups in total. The van der Waals surface area contributed by atoms with E-state index in [2.05, 4.69) is 10.1 Å². The van der Waals surface area contributed by atoms with E-state index in [-0.39, 0.29) is 29.0 Å². The van der Waals surface area contributed by atoms with Crippen LogP contribution in [0.4, 0.5) is 4.39 Å². The van der Waals surface area contributed by atoms with Crippen molar-refractivity contribution in [3.63, 3.8) is 0 Å². The Bertz CT molecular complexity index is 1090. The van der Waals surface area contributed by atoms with Gasteiger partial charge in [-0.25, -0.2) is 17.1 Å². The van der Waals surface area contributed by atoms with Crippen molar-refractivity contribution in [1.29, 1.82) is 0 Å². The Morgan fingerprint density at radius 3 is 2.50 bits per heavy atom. The second-order valence-electron chi connectivity index (χ2n) is 5.64. The summed E-state index contributed by atoms with van der Waals surface area (Å²) in [5.74, 6) is -0.0288. The Morgan fingerprint density at radius 2 is 1.85 bits per heavy atom. The fourth-order valence-corrected chi connectivity index (χ4v) is 3.10. The van der Waals surface area contributed by atoms with E-state index in [4.69, 9.17) is 4.52 Å². The Kier molecular flexibility index (Phi) is 4.70. The van der Waals surface area contributed by atoms with Crippen LogP contribution in [0.15, 0.2) is 56.8 Å². The molecule has 2 aromatic heterocycles. The maximum Gasteiger partial charge on any atom is 0.251 e. The van der Waals surface area contributed by atoms with Crippen LogP contribution in [0.5, 0.6) is 0 Å². The smallest absolute Gasteiger partial charge is 0.251 e. The molecule has 10 heteroatoms. The summed E-state index contributed by atoms with van der Waals surface area (Å²) < 4.78 is 44.7. The monoisotopic (exact) mass is 378 g/mol. The van der Waals surface area contributed by atoms with Crippen LogP contribution in [-0.2, 0) is 16.6 Å². The quantitative estimate of drug-likeness (QED) is 0.664. The third-order valence-electron chi connectivity index (χ3n) is 3.61. The predicted molar refractivity (Wildman–Crippen MR) is 90.4 cm³/mol. The van der Waals surface area contributed by atoms with Gasteiger partial charge in [0.2, 0.25) is 21.7 Å². The Hall–Kier alpha value is -2.85. The van der Waals surface area contributed by atoms with E-state index in [0.717, 1.165) is 10.4 Å². The lowest BCUT2D eigenvalue weighted by atomic mass is 10.2. The average molecular weight is 378 g/mol. The fourth-order valence-electron chi connectivity index (χ4n) is 2.18. The molecular formula is C16H15FN4O4S. The van der Waals surface area contributed by atoms with E-state index >= 15 is 0 Å². The SMILES string of the molecule is CN(C)S(=O)(=O)c1ccc(=O)n(Cc2nc(-c3ccc(F)cc3)no2)c1. The predicted octanol–water partition coefficient (Wildman–Crippen LogP) is 1.34. The molecule has 3 rings (SSSR count). The molecular weight excluding hydrogens is 363 g/mol. The lowest BCUT2D eigenvalue weighted by Crippen LogP contribution is -2.26. The van der Waals surface area contributed by atoms with Crippen LogP contribution in [-0.4, -0.2) is 41.5 Å². The minimum absolute atomic E-state index is 0.0274. The van der Waals surface area contributed by atoms with Crippen LogP contribution in [0.1, 0.15) is 5.89 Å². The fraction of sp³-hybridized carbons (Fsp3) is 0.188. The first-order valence-corrected chi connectivity index (χ1v) is 8.93. The Labute approximate surface area is 148 Å². The van der Waals surface area contributed by atoms with Gasteiger partial charge in [-0.05, 0) is 30.3 Å². The lowest BCUT2D eigenvalue weighted by molar-refractivity contribution is 0.369. The van der Waals surface area contributed by atoms with Gasteiger partial charge in [0.1, 0.15) is 12.4 Å². The summed E-state index contributed by atoms with van der Waals surface area (Å²) in [5, 5.41) is 3.79. The highest BCUT2D eigenvalue weighted by Crippen LogP contribution is 2.17. The summed E-state index contributed by atoms with van der Waals surface area (Å²) in [7, 11) is -0.878. The number of nitrogens with zero attached hydrogens (tertiary/aromatic N) is 4. The summed E-state index contributed by atoms with van der Waals surface area (Å²) in [5.41, 5.74) is 0.141. The standard InChI is InChI=1S/C16H15FN4O4S/c1-20(2)26(23,24)13-7-8-15(22)21(9-13)10-14-18-16(19-25-14)11-3-5-12(17)6-4-11/h3-9H,10H2,1-2H3. The summed E-state index contributed by atoms with van der Waals surface area (Å²) in [6.07, 6.45) is 1.22. The van der Waals surface area contributed by atoms with Crippen LogP contribution in [0.2, 0.25) is 0 Å². The number of rotatable bonds is 5. The third-order valence-corrected chi connectivity index (χ3v) is 5.41. The van der Waals surface area contributed by atoms with Crippen LogP contribution in [0.3, 0.4) is 0 Å². The molecule has 0 saturated carbocycles. The minimum atomic E-state index is -3.68. The van der Waals surface area contributed by atoms with E-state index in [1.54, 1.807) is 0 Å². The van der Waals surface area contributed by atoms with Crippen LogP contribution in [0, 0.1) is 5.82 Å². The van der Waals surface area contributed by atoms with Crippen LogP contribution >= 0.6 is 0 Å². The number of aromatic nitrogens is 3. The average Bonchev–Trinajstić information content (AvgIpc) is 3.05. The van der Waals surface area contributed by atoms with Crippen LogP contribution < -0.4 is 5.56 Å². The highest BCUT2D eigenvalue weighted by molar-refractivity contribution is 7.89. The molecule has 8 nitrogen and oxygen atoms in total. The summed E-state index contributed by atoms with van der Waals surface area (Å²) >= 11 is 0. The molecule has 0 fully saturated rings. The first kappa shape index (κ1) is 18.0. The Balaban J connectivity index is 1.90. The molecule has 1 aromatic carbocycles. The van der Waals surface area contributed by atoms with Gasteiger partial charge in [0.05, 0.1) is 4.90 Å². The second-order valence-corrected chi connectivity index (χ2v) is 7.79. The van der Waals surface area contributed by atoms with Gasteiger partial charge in [-0.15, -0.1) is 0 Å². The van der Waals surface area contributed by atoms with Gasteiger partial charge in [0, 0.05) is 31.9 Å². The third kappa shape index (κ3) is 3.55. The van der Waals surface area contributed by atoms with Crippen molar-refractivity contribution < 1.29 is 17.3 Å². The first-order valence-electron chi connectivity index (χ1n) is 7.49. The van der Waals surface area contributed by atoms with Gasteiger partial charge >= 0.3 is 0 Å². The molecule has 0 unspecified atom stereocenters. The van der Waals surface area contributed by atoms with Crippen molar-refractivity contribution in [2.24, 2.45) is 0 Å². The van der Waals surface area contributed by atoms with E-state index < -0.39 is 15.6 Å². The summed E-state index contributed by atoms with van der Waals surface area (Å²) in [4.78, 5) is 16.1. The summed E-state index contributed by atoms with van der Waals surface area (Å²) in [6, 6.07) is 7.94. The molecule has 0 atom stereocenters. The number of pyridine rings is 1. The van der Waals surface area contributed by atoms with Crippen molar-refractivity contribution in [2.45, 2.75) is 11.4 Å². The van der Waals surface area contributed by atoms with E-state index in [9.17, 15) is 17.6 Å². The second kappa shape index (κ2) is 6.81. The zero-order valence-electron chi connectivity index (χ0n) is 14.0. The molecule has 0 saturated heterocycles. The molecule has 0 aliphatic rings. The molecule has 0 spiro atoms. The van der Waals surface area contributed by atoms with Gasteiger partial charge in [-0.2, -0.15) is 4.98 Å². The van der Waals surface area contributed by atoms with Gasteiger partial charge in [0.25, 0.3) is 5.56 Å². The maximum atomic E-state index is 13.0. The van der Waals surface area contributed by atoms with Crippen molar-refractivity contribution >= 4 is 10.0 Å².